The summed E-state index contributed by atoms with van der Waals surface area (Å²) in [5, 5.41) is 3.27. The second-order valence-electron chi connectivity index (χ2n) is 6.11. The molecule has 20 heavy (non-hydrogen) atoms. The third-order valence-corrected chi connectivity index (χ3v) is 4.18. The Kier molecular flexibility index (Phi) is 3.74. The number of rotatable bonds is 4. The number of nitrogens with one attached hydrogen (secondary N) is 1. The van der Waals surface area contributed by atoms with Crippen LogP contribution in [0.2, 0.25) is 0 Å². The lowest BCUT2D eigenvalue weighted by atomic mass is 10.0. The largest absolute Gasteiger partial charge is 0.334 e. The molecular weight excluding hydrogens is 255 g/mol. The normalized spacial score (nSPS) is 26.0. The minimum Gasteiger partial charge on any atom is -0.334 e. The summed E-state index contributed by atoms with van der Waals surface area (Å²) in [4.78, 5) is 14.3. The molecule has 0 spiro atoms. The van der Waals surface area contributed by atoms with Crippen molar-refractivity contribution in [3.8, 4) is 0 Å². The van der Waals surface area contributed by atoms with E-state index in [0.717, 1.165) is 18.5 Å². The molecular formula is C16H21FN2O. The van der Waals surface area contributed by atoms with Gasteiger partial charge in [0.15, 0.2) is 0 Å². The van der Waals surface area contributed by atoms with E-state index < -0.39 is 0 Å². The van der Waals surface area contributed by atoms with Crippen LogP contribution < -0.4 is 5.32 Å². The fraction of sp³-hybridized carbons (Fsp3) is 0.562. The number of carbonyl (C=O) groups excluding carboxylic acids is 1. The molecule has 1 aromatic rings. The number of carbonyl (C=O) groups is 1. The first-order chi connectivity index (χ1) is 9.63. The highest BCUT2D eigenvalue weighted by Gasteiger charge is 2.34. The quantitative estimate of drug-likeness (QED) is 0.916. The summed E-state index contributed by atoms with van der Waals surface area (Å²) in [5.41, 5.74) is 0.911. The van der Waals surface area contributed by atoms with Gasteiger partial charge in [-0.1, -0.05) is 19.1 Å². The van der Waals surface area contributed by atoms with Gasteiger partial charge in [0, 0.05) is 12.6 Å². The highest BCUT2D eigenvalue weighted by molar-refractivity contribution is 5.79. The number of halogens is 1. The zero-order chi connectivity index (χ0) is 14.1. The summed E-state index contributed by atoms with van der Waals surface area (Å²) in [6, 6.07) is 7.19. The lowest BCUT2D eigenvalue weighted by Gasteiger charge is -2.25. The van der Waals surface area contributed by atoms with Crippen molar-refractivity contribution in [2.75, 3.05) is 13.1 Å². The maximum atomic E-state index is 13.4. The first kappa shape index (κ1) is 13.6. The minimum absolute atomic E-state index is 0.0224. The standard InChI is InChI=1S/C16H21FN2O/c1-11-7-15(12-3-2-4-13(17)8-12)19(10-11)16(20)9-18-14-5-6-14/h2-4,8,11,14-15,18H,5-7,9-10H2,1H3/t11-,15-/m0/s1. The van der Waals surface area contributed by atoms with Crippen molar-refractivity contribution < 1.29 is 9.18 Å². The highest BCUT2D eigenvalue weighted by Crippen LogP contribution is 2.35. The molecule has 0 radical (unpaired) electrons. The van der Waals surface area contributed by atoms with Crippen molar-refractivity contribution in [2.24, 2.45) is 5.92 Å². The predicted octanol–water partition coefficient (Wildman–Crippen LogP) is 2.49. The van der Waals surface area contributed by atoms with E-state index in [9.17, 15) is 9.18 Å². The fourth-order valence-corrected chi connectivity index (χ4v) is 2.97. The number of hydrogen-bond acceptors (Lipinski definition) is 2. The molecule has 2 fully saturated rings. The summed E-state index contributed by atoms with van der Waals surface area (Å²) in [6.45, 7) is 3.32. The molecule has 1 saturated carbocycles. The van der Waals surface area contributed by atoms with Crippen LogP contribution in [0.3, 0.4) is 0 Å². The van der Waals surface area contributed by atoms with Gasteiger partial charge in [-0.25, -0.2) is 4.39 Å². The molecule has 3 nitrogen and oxygen atoms in total. The van der Waals surface area contributed by atoms with E-state index in [1.54, 1.807) is 12.1 Å². The first-order valence-corrected chi connectivity index (χ1v) is 7.42. The Labute approximate surface area is 119 Å². The molecule has 1 amide bonds. The Morgan fingerprint density at radius 3 is 2.95 bits per heavy atom. The molecule has 2 atom stereocenters. The summed E-state index contributed by atoms with van der Waals surface area (Å²) < 4.78 is 13.4. The molecule has 108 valence electrons. The summed E-state index contributed by atoms with van der Waals surface area (Å²) >= 11 is 0. The van der Waals surface area contributed by atoms with Gasteiger partial charge in [-0.05, 0) is 42.9 Å². The number of likely N-dealkylation sites (tertiary alicyclic amines) is 1. The van der Waals surface area contributed by atoms with Gasteiger partial charge in [-0.3, -0.25) is 4.79 Å². The Balaban J connectivity index is 1.72. The van der Waals surface area contributed by atoms with Crippen LogP contribution in [-0.2, 0) is 4.79 Å². The van der Waals surface area contributed by atoms with Crippen molar-refractivity contribution in [1.29, 1.82) is 0 Å². The topological polar surface area (TPSA) is 32.3 Å². The van der Waals surface area contributed by atoms with Crippen LogP contribution in [-0.4, -0.2) is 29.9 Å². The van der Waals surface area contributed by atoms with Crippen LogP contribution in [0.1, 0.15) is 37.8 Å². The third-order valence-electron chi connectivity index (χ3n) is 4.18. The lowest BCUT2D eigenvalue weighted by Crippen LogP contribution is -2.38. The van der Waals surface area contributed by atoms with Crippen LogP contribution in [0, 0.1) is 11.7 Å². The zero-order valence-electron chi connectivity index (χ0n) is 11.8. The van der Waals surface area contributed by atoms with Crippen LogP contribution in [0.25, 0.3) is 0 Å². The maximum Gasteiger partial charge on any atom is 0.237 e. The molecule has 1 heterocycles. The molecule has 1 saturated heterocycles. The Bertz CT molecular complexity index is 501. The fourth-order valence-electron chi connectivity index (χ4n) is 2.97. The lowest BCUT2D eigenvalue weighted by molar-refractivity contribution is -0.131. The average molecular weight is 276 g/mol. The number of benzene rings is 1. The highest BCUT2D eigenvalue weighted by atomic mass is 19.1. The molecule has 4 heteroatoms. The molecule has 0 aromatic heterocycles. The van der Waals surface area contributed by atoms with E-state index in [0.29, 0.717) is 18.5 Å². The molecule has 1 aromatic carbocycles. The van der Waals surface area contributed by atoms with E-state index in [4.69, 9.17) is 0 Å². The smallest absolute Gasteiger partial charge is 0.237 e. The van der Waals surface area contributed by atoms with Crippen molar-refractivity contribution in [2.45, 2.75) is 38.3 Å². The molecule has 1 aliphatic heterocycles. The Morgan fingerprint density at radius 1 is 1.45 bits per heavy atom. The molecule has 1 aliphatic carbocycles. The summed E-state index contributed by atoms with van der Waals surface area (Å²) in [7, 11) is 0. The molecule has 2 aliphatic rings. The second kappa shape index (κ2) is 5.52. The van der Waals surface area contributed by atoms with Crippen molar-refractivity contribution in [1.82, 2.24) is 10.2 Å². The van der Waals surface area contributed by atoms with Gasteiger partial charge < -0.3 is 10.2 Å². The number of amides is 1. The van der Waals surface area contributed by atoms with Gasteiger partial charge in [-0.15, -0.1) is 0 Å². The van der Waals surface area contributed by atoms with Gasteiger partial charge in [0.2, 0.25) is 5.91 Å². The van der Waals surface area contributed by atoms with Gasteiger partial charge in [0.05, 0.1) is 12.6 Å². The predicted molar refractivity (Wildman–Crippen MR) is 75.7 cm³/mol. The summed E-state index contributed by atoms with van der Waals surface area (Å²) in [5.74, 6) is 0.370. The molecule has 3 rings (SSSR count). The average Bonchev–Trinajstić information content (AvgIpc) is 3.17. The second-order valence-corrected chi connectivity index (χ2v) is 6.11. The van der Waals surface area contributed by atoms with E-state index in [2.05, 4.69) is 12.2 Å². The van der Waals surface area contributed by atoms with Gasteiger partial charge in [-0.2, -0.15) is 0 Å². The van der Waals surface area contributed by atoms with Crippen LogP contribution >= 0.6 is 0 Å². The molecule has 0 unspecified atom stereocenters. The van der Waals surface area contributed by atoms with E-state index >= 15 is 0 Å². The van der Waals surface area contributed by atoms with Crippen molar-refractivity contribution in [3.05, 3.63) is 35.6 Å². The maximum absolute atomic E-state index is 13.4. The van der Waals surface area contributed by atoms with Gasteiger partial charge in [0.25, 0.3) is 0 Å². The van der Waals surface area contributed by atoms with Crippen LogP contribution in [0.4, 0.5) is 4.39 Å². The van der Waals surface area contributed by atoms with Gasteiger partial charge >= 0.3 is 0 Å². The third kappa shape index (κ3) is 3.01. The number of hydrogen-bond donors (Lipinski definition) is 1. The first-order valence-electron chi connectivity index (χ1n) is 7.42. The number of nitrogens with zero attached hydrogens (tertiary/aromatic N) is 1. The van der Waals surface area contributed by atoms with E-state index in [1.807, 2.05) is 11.0 Å². The minimum atomic E-state index is -0.231. The van der Waals surface area contributed by atoms with Gasteiger partial charge in [0.1, 0.15) is 5.82 Å². The molecule has 1 N–H and O–H groups in total. The Hall–Kier alpha value is -1.42. The van der Waals surface area contributed by atoms with E-state index in [1.165, 1.54) is 18.9 Å². The molecule has 0 bridgehead atoms. The summed E-state index contributed by atoms with van der Waals surface area (Å²) in [6.07, 6.45) is 3.27. The zero-order valence-corrected chi connectivity index (χ0v) is 11.8. The SMILES string of the molecule is C[C@H]1C[C@@H](c2cccc(F)c2)N(C(=O)CNC2CC2)C1. The van der Waals surface area contributed by atoms with Crippen molar-refractivity contribution in [3.63, 3.8) is 0 Å². The van der Waals surface area contributed by atoms with E-state index in [-0.39, 0.29) is 17.8 Å². The van der Waals surface area contributed by atoms with Crippen LogP contribution in [0.15, 0.2) is 24.3 Å². The monoisotopic (exact) mass is 276 g/mol. The Morgan fingerprint density at radius 2 is 2.25 bits per heavy atom. The van der Waals surface area contributed by atoms with Crippen LogP contribution in [0.5, 0.6) is 0 Å². The van der Waals surface area contributed by atoms with Crippen molar-refractivity contribution >= 4 is 5.91 Å².